The Hall–Kier alpha value is -2.23. The molecule has 2 aromatic heterocycles. The van der Waals surface area contributed by atoms with E-state index >= 15 is 0 Å². The van der Waals surface area contributed by atoms with Crippen molar-refractivity contribution < 1.29 is 17.1 Å². The van der Waals surface area contributed by atoms with E-state index in [1.165, 1.54) is 11.1 Å². The number of rotatable bonds is 2. The zero-order valence-corrected chi connectivity index (χ0v) is 19.8. The first-order chi connectivity index (χ1) is 13.0. The second kappa shape index (κ2) is 12.5. The fraction of sp³-hybridized carbons (Fsp3) is 0.200. The fourth-order valence-corrected chi connectivity index (χ4v) is 2.91. The maximum atomic E-state index is 4.57. The summed E-state index contributed by atoms with van der Waals surface area (Å²) in [6.07, 6.45) is 2.81. The second-order valence-corrected chi connectivity index (χ2v) is 6.98. The molecule has 0 saturated heterocycles. The molecule has 4 aromatic rings. The van der Waals surface area contributed by atoms with Gasteiger partial charge in [0.2, 0.25) is 0 Å². The van der Waals surface area contributed by atoms with Crippen LogP contribution in [0.5, 0.6) is 0 Å². The summed E-state index contributed by atoms with van der Waals surface area (Å²) < 4.78 is 0. The van der Waals surface area contributed by atoms with Crippen LogP contribution < -0.4 is 6.15 Å². The van der Waals surface area contributed by atoms with E-state index in [0.717, 1.165) is 33.2 Å². The summed E-state index contributed by atoms with van der Waals surface area (Å²) in [5.41, 5.74) is 6.15. The minimum Gasteiger partial charge on any atom is -0.344 e. The van der Waals surface area contributed by atoms with Crippen molar-refractivity contribution in [1.29, 1.82) is 0 Å². The Morgan fingerprint density at radius 1 is 0.867 bits per heavy atom. The molecular weight excluding hydrogens is 434 g/mol. The largest absolute Gasteiger partial charge is 2.00 e. The normalized spacial score (nSPS) is 9.63. The molecule has 0 fully saturated rings. The van der Waals surface area contributed by atoms with E-state index in [0.29, 0.717) is 5.92 Å². The van der Waals surface area contributed by atoms with Gasteiger partial charge in [0.05, 0.1) is 11.0 Å². The zero-order chi connectivity index (χ0) is 19.4. The zero-order valence-electron chi connectivity index (χ0n) is 17.8. The average molecular weight is 462 g/mol. The molecule has 0 radical (unpaired) electrons. The Bertz CT molecular complexity index is 1110. The molecule has 4 rings (SSSR count). The van der Waals surface area contributed by atoms with Gasteiger partial charge in [-0.05, 0) is 24.3 Å². The topological polar surface area (TPSA) is 60.8 Å². The maximum Gasteiger partial charge on any atom is 2.00 e. The van der Waals surface area contributed by atoms with E-state index in [-0.39, 0.29) is 35.6 Å². The molecule has 3 nitrogen and oxygen atoms in total. The van der Waals surface area contributed by atoms with E-state index in [1.54, 1.807) is 0 Å². The van der Waals surface area contributed by atoms with E-state index in [9.17, 15) is 0 Å². The van der Waals surface area contributed by atoms with Crippen LogP contribution in [0.2, 0.25) is 0 Å². The molecule has 30 heavy (non-hydrogen) atoms. The van der Waals surface area contributed by atoms with Gasteiger partial charge >= 0.3 is 17.1 Å². The first-order valence-corrected chi connectivity index (χ1v) is 9.17. The molecule has 0 saturated carbocycles. The van der Waals surface area contributed by atoms with Gasteiger partial charge in [-0.1, -0.05) is 39.0 Å². The van der Waals surface area contributed by atoms with Crippen LogP contribution in [0.3, 0.4) is 0 Å². The van der Waals surface area contributed by atoms with E-state index in [2.05, 4.69) is 85.9 Å². The molecule has 2 aromatic carbocycles. The van der Waals surface area contributed by atoms with Crippen LogP contribution in [0.4, 0.5) is 0 Å². The van der Waals surface area contributed by atoms with Gasteiger partial charge in [0.15, 0.2) is 0 Å². The monoisotopic (exact) mass is 461 g/mol. The van der Waals surface area contributed by atoms with Crippen LogP contribution in [0.1, 0.15) is 42.3 Å². The van der Waals surface area contributed by atoms with E-state index < -0.39 is 0 Å². The summed E-state index contributed by atoms with van der Waals surface area (Å²) >= 11 is 0. The number of aromatic nitrogens is 2. The Balaban J connectivity index is 0.000000569. The number of hydrogen-bond donors (Lipinski definition) is 1. The number of pyridine rings is 2. The molecule has 0 aliphatic carbocycles. The summed E-state index contributed by atoms with van der Waals surface area (Å²) in [4.78, 5) is 9.10. The quantitative estimate of drug-likeness (QED) is 0.200. The van der Waals surface area contributed by atoms with Gasteiger partial charge < -0.3 is 6.15 Å². The number of halogens is 1. The van der Waals surface area contributed by atoms with E-state index in [4.69, 9.17) is 0 Å². The fourth-order valence-electron chi connectivity index (χ4n) is 2.91. The average Bonchev–Trinajstić information content (AvgIpc) is 2.68. The van der Waals surface area contributed by atoms with Gasteiger partial charge in [-0.15, -0.1) is 24.2 Å². The van der Waals surface area contributed by atoms with Crippen molar-refractivity contribution in [2.45, 2.75) is 33.6 Å². The molecule has 0 spiro atoms. The van der Waals surface area contributed by atoms with Crippen LogP contribution in [0.15, 0.2) is 61.2 Å². The first-order valence-electron chi connectivity index (χ1n) is 9.17. The standard InChI is InChI=1S/C15H11N2.C10H13.ClH.Fe.H3N/c1-3-13-9-8-12-7-6-11-5-4-10(2)16-14(11)15(12)17-13;1-8(2)10-6-4-5-9(3)7-10;;;/h4-9H,1H2,2H3;4-6,8H,1-3H3;1H;;1H3/q2*-1;;+2;. The van der Waals surface area contributed by atoms with Gasteiger partial charge in [0, 0.05) is 11.1 Å². The maximum absolute atomic E-state index is 4.57. The van der Waals surface area contributed by atoms with E-state index in [1.807, 2.05) is 25.1 Å². The Kier molecular flexibility index (Phi) is 11.5. The smallest absolute Gasteiger partial charge is 0.344 e. The third kappa shape index (κ3) is 6.65. The minimum absolute atomic E-state index is 0. The van der Waals surface area contributed by atoms with Crippen molar-refractivity contribution in [2.75, 3.05) is 0 Å². The predicted octanol–water partition coefficient (Wildman–Crippen LogP) is 6.93. The van der Waals surface area contributed by atoms with Crippen molar-refractivity contribution in [3.63, 3.8) is 0 Å². The van der Waals surface area contributed by atoms with Gasteiger partial charge in [-0.2, -0.15) is 48.0 Å². The van der Waals surface area contributed by atoms with Crippen LogP contribution in [0.25, 0.3) is 21.8 Å². The summed E-state index contributed by atoms with van der Waals surface area (Å²) in [7, 11) is 0. The Morgan fingerprint density at radius 3 is 1.97 bits per heavy atom. The molecule has 3 N–H and O–H groups in total. The molecule has 0 bridgehead atoms. The summed E-state index contributed by atoms with van der Waals surface area (Å²) in [6, 6.07) is 21.8. The molecule has 158 valence electrons. The summed E-state index contributed by atoms with van der Waals surface area (Å²) in [5.74, 6) is 0.597. The van der Waals surface area contributed by atoms with Crippen molar-refractivity contribution >= 4 is 34.2 Å². The van der Waals surface area contributed by atoms with Gasteiger partial charge in [0.25, 0.3) is 0 Å². The minimum atomic E-state index is 0. The van der Waals surface area contributed by atoms with Crippen LogP contribution in [-0.2, 0) is 17.1 Å². The first kappa shape index (κ1) is 27.8. The predicted molar refractivity (Wildman–Crippen MR) is 126 cm³/mol. The number of hydrogen-bond acceptors (Lipinski definition) is 3. The Labute approximate surface area is 196 Å². The van der Waals surface area contributed by atoms with Crippen molar-refractivity contribution in [3.05, 3.63) is 95.8 Å². The van der Waals surface area contributed by atoms with Crippen molar-refractivity contribution in [3.8, 4) is 0 Å². The van der Waals surface area contributed by atoms with Gasteiger partial charge in [-0.3, -0.25) is 9.97 Å². The van der Waals surface area contributed by atoms with Crippen LogP contribution in [-0.4, -0.2) is 9.97 Å². The van der Waals surface area contributed by atoms with Gasteiger partial charge in [-0.25, -0.2) is 6.08 Å². The molecule has 0 unspecified atom stereocenters. The Morgan fingerprint density at radius 2 is 1.43 bits per heavy atom. The van der Waals surface area contributed by atoms with Crippen LogP contribution in [0, 0.1) is 26.0 Å². The molecule has 0 aliphatic heterocycles. The molecule has 0 atom stereocenters. The summed E-state index contributed by atoms with van der Waals surface area (Å²) in [5, 5.41) is 2.20. The molecule has 2 heterocycles. The van der Waals surface area contributed by atoms with Crippen molar-refractivity contribution in [2.24, 2.45) is 0 Å². The second-order valence-electron chi connectivity index (χ2n) is 6.98. The van der Waals surface area contributed by atoms with Crippen molar-refractivity contribution in [1.82, 2.24) is 16.1 Å². The number of aryl methyl sites for hydroxylation is 2. The SMILES string of the molecule is C=[C-]c1ccc2ccc3ccc(C)nc3c2n1.Cc1[c-]c(C(C)C)ccc1.Cl.N.[Fe+2]. The number of nitrogens with zero attached hydrogens (tertiary/aromatic N) is 2. The molecular formula is C25H28ClFeN3. The number of fused-ring (bicyclic) bond motifs is 3. The molecule has 0 amide bonds. The number of benzene rings is 2. The molecule has 0 aliphatic rings. The third-order valence-corrected chi connectivity index (χ3v) is 4.43. The third-order valence-electron chi connectivity index (χ3n) is 4.43. The summed E-state index contributed by atoms with van der Waals surface area (Å²) in [6.45, 7) is 12.1. The molecule has 5 heteroatoms. The van der Waals surface area contributed by atoms with Gasteiger partial charge in [0.1, 0.15) is 0 Å². The van der Waals surface area contributed by atoms with Crippen LogP contribution >= 0.6 is 12.4 Å².